The van der Waals surface area contributed by atoms with Crippen LogP contribution in [0.4, 0.5) is 0 Å². The van der Waals surface area contributed by atoms with Gasteiger partial charge in [0.05, 0.1) is 38.4 Å². The fraction of sp³-hybridized carbons (Fsp3) is 0.348. The highest BCUT2D eigenvalue weighted by molar-refractivity contribution is 5.66. The Hall–Kier alpha value is -2.99. The van der Waals surface area contributed by atoms with Crippen molar-refractivity contribution in [3.63, 3.8) is 0 Å². The van der Waals surface area contributed by atoms with Crippen LogP contribution in [0.3, 0.4) is 0 Å². The summed E-state index contributed by atoms with van der Waals surface area (Å²) in [6.07, 6.45) is 3.89. The number of nitrogens with zero attached hydrogens (tertiary/aromatic N) is 2. The average Bonchev–Trinajstić information content (AvgIpc) is 3.46. The van der Waals surface area contributed by atoms with E-state index in [1.165, 1.54) is 0 Å². The van der Waals surface area contributed by atoms with E-state index in [1.807, 2.05) is 53.2 Å². The monoisotopic (exact) mass is 394 g/mol. The smallest absolute Gasteiger partial charge is 0.161 e. The Kier molecular flexibility index (Phi) is 6.00. The third-order valence-corrected chi connectivity index (χ3v) is 5.23. The summed E-state index contributed by atoms with van der Waals surface area (Å²) in [5, 5.41) is 4.49. The lowest BCUT2D eigenvalue weighted by atomic mass is 10.1. The predicted molar refractivity (Wildman–Crippen MR) is 111 cm³/mol. The van der Waals surface area contributed by atoms with Crippen molar-refractivity contribution in [2.24, 2.45) is 5.92 Å². The normalized spacial score (nSPS) is 16.0. The summed E-state index contributed by atoms with van der Waals surface area (Å²) in [7, 11) is 3.32. The van der Waals surface area contributed by atoms with Crippen LogP contribution in [0.1, 0.15) is 12.8 Å². The first-order valence-electron chi connectivity index (χ1n) is 9.86. The number of methoxy groups -OCH3 is 2. The van der Waals surface area contributed by atoms with E-state index in [4.69, 9.17) is 18.9 Å². The molecule has 1 saturated heterocycles. The molecular weight excluding hydrogens is 368 g/mol. The lowest BCUT2D eigenvalue weighted by Crippen LogP contribution is -2.07. The SMILES string of the molecule is COc1ccc(-n2nccc2-c2ccc(OC)c(OCC[C@@H]3CCOC3)c2)cc1. The minimum atomic E-state index is 0.584. The molecule has 0 amide bonds. The van der Waals surface area contributed by atoms with Gasteiger partial charge in [-0.25, -0.2) is 4.68 Å². The van der Waals surface area contributed by atoms with Crippen molar-refractivity contribution in [3.05, 3.63) is 54.7 Å². The molecule has 0 aliphatic carbocycles. The second-order valence-corrected chi connectivity index (χ2v) is 7.06. The van der Waals surface area contributed by atoms with Gasteiger partial charge in [-0.2, -0.15) is 5.10 Å². The zero-order chi connectivity index (χ0) is 20.1. The molecule has 0 bridgehead atoms. The van der Waals surface area contributed by atoms with Crippen molar-refractivity contribution in [3.8, 4) is 34.2 Å². The molecule has 3 aromatic rings. The van der Waals surface area contributed by atoms with E-state index in [2.05, 4.69) is 5.10 Å². The summed E-state index contributed by atoms with van der Waals surface area (Å²) < 4.78 is 24.2. The van der Waals surface area contributed by atoms with E-state index in [0.29, 0.717) is 12.5 Å². The molecule has 0 spiro atoms. The van der Waals surface area contributed by atoms with Crippen LogP contribution in [0.5, 0.6) is 17.2 Å². The Bertz CT molecular complexity index is 930. The summed E-state index contributed by atoms with van der Waals surface area (Å²) in [5.41, 5.74) is 2.95. The maximum Gasteiger partial charge on any atom is 0.161 e. The number of hydrogen-bond acceptors (Lipinski definition) is 5. The molecule has 152 valence electrons. The minimum absolute atomic E-state index is 0.584. The lowest BCUT2D eigenvalue weighted by Gasteiger charge is -2.14. The third kappa shape index (κ3) is 4.38. The van der Waals surface area contributed by atoms with Gasteiger partial charge in [0.15, 0.2) is 11.5 Å². The summed E-state index contributed by atoms with van der Waals surface area (Å²) in [4.78, 5) is 0. The first-order valence-corrected chi connectivity index (χ1v) is 9.86. The van der Waals surface area contributed by atoms with Crippen molar-refractivity contribution < 1.29 is 18.9 Å². The second kappa shape index (κ2) is 9.01. The largest absolute Gasteiger partial charge is 0.497 e. The van der Waals surface area contributed by atoms with E-state index in [0.717, 1.165) is 60.2 Å². The average molecular weight is 394 g/mol. The predicted octanol–water partition coefficient (Wildman–Crippen LogP) is 4.36. The van der Waals surface area contributed by atoms with Crippen LogP contribution < -0.4 is 14.2 Å². The third-order valence-electron chi connectivity index (χ3n) is 5.23. The number of ether oxygens (including phenoxy) is 4. The quantitative estimate of drug-likeness (QED) is 0.568. The van der Waals surface area contributed by atoms with E-state index in [9.17, 15) is 0 Å². The minimum Gasteiger partial charge on any atom is -0.497 e. The van der Waals surface area contributed by atoms with Crippen LogP contribution in [0, 0.1) is 5.92 Å². The Morgan fingerprint density at radius 2 is 1.90 bits per heavy atom. The molecule has 1 aliphatic heterocycles. The van der Waals surface area contributed by atoms with Gasteiger partial charge in [-0.05, 0) is 67.3 Å². The van der Waals surface area contributed by atoms with Gasteiger partial charge in [0.2, 0.25) is 0 Å². The Morgan fingerprint density at radius 3 is 2.62 bits per heavy atom. The van der Waals surface area contributed by atoms with Gasteiger partial charge >= 0.3 is 0 Å². The second-order valence-electron chi connectivity index (χ2n) is 7.06. The molecule has 0 radical (unpaired) electrons. The summed E-state index contributed by atoms with van der Waals surface area (Å²) >= 11 is 0. The van der Waals surface area contributed by atoms with Gasteiger partial charge in [0.1, 0.15) is 5.75 Å². The number of rotatable bonds is 8. The van der Waals surface area contributed by atoms with Crippen LogP contribution in [-0.4, -0.2) is 43.8 Å². The molecule has 1 fully saturated rings. The maximum absolute atomic E-state index is 6.08. The fourth-order valence-corrected chi connectivity index (χ4v) is 3.55. The van der Waals surface area contributed by atoms with E-state index < -0.39 is 0 Å². The molecule has 1 aromatic heterocycles. The molecule has 6 nitrogen and oxygen atoms in total. The van der Waals surface area contributed by atoms with E-state index in [-0.39, 0.29) is 0 Å². The number of aromatic nitrogens is 2. The first kappa shape index (κ1) is 19.3. The number of hydrogen-bond donors (Lipinski definition) is 0. The zero-order valence-corrected chi connectivity index (χ0v) is 16.8. The van der Waals surface area contributed by atoms with Crippen LogP contribution in [0.15, 0.2) is 54.7 Å². The van der Waals surface area contributed by atoms with Crippen LogP contribution >= 0.6 is 0 Å². The zero-order valence-electron chi connectivity index (χ0n) is 16.8. The highest BCUT2D eigenvalue weighted by Crippen LogP contribution is 2.34. The highest BCUT2D eigenvalue weighted by Gasteiger charge is 2.16. The molecule has 6 heteroatoms. The standard InChI is InChI=1S/C23H26N2O4/c1-26-20-6-4-19(5-7-20)25-21(9-12-24-25)18-3-8-22(27-2)23(15-18)29-14-11-17-10-13-28-16-17/h3-9,12,15,17H,10-11,13-14,16H2,1-2H3/t17-/m0/s1. The van der Waals surface area contributed by atoms with Gasteiger partial charge in [-0.15, -0.1) is 0 Å². The lowest BCUT2D eigenvalue weighted by molar-refractivity contribution is 0.177. The molecule has 0 N–H and O–H groups in total. The Labute approximate surface area is 171 Å². The van der Waals surface area contributed by atoms with Crippen LogP contribution in [0.2, 0.25) is 0 Å². The van der Waals surface area contributed by atoms with Crippen molar-refractivity contribution >= 4 is 0 Å². The Morgan fingerprint density at radius 1 is 1.03 bits per heavy atom. The van der Waals surface area contributed by atoms with Crippen LogP contribution in [-0.2, 0) is 4.74 Å². The molecule has 4 rings (SSSR count). The van der Waals surface area contributed by atoms with E-state index >= 15 is 0 Å². The molecule has 0 unspecified atom stereocenters. The van der Waals surface area contributed by atoms with Crippen molar-refractivity contribution in [1.82, 2.24) is 9.78 Å². The molecule has 2 aromatic carbocycles. The maximum atomic E-state index is 6.08. The topological polar surface area (TPSA) is 54.7 Å². The molecular formula is C23H26N2O4. The van der Waals surface area contributed by atoms with E-state index in [1.54, 1.807) is 20.4 Å². The highest BCUT2D eigenvalue weighted by atomic mass is 16.5. The molecule has 2 heterocycles. The van der Waals surface area contributed by atoms with Gasteiger partial charge in [-0.1, -0.05) is 0 Å². The van der Waals surface area contributed by atoms with Crippen LogP contribution in [0.25, 0.3) is 16.9 Å². The molecule has 29 heavy (non-hydrogen) atoms. The van der Waals surface area contributed by atoms with Gasteiger partial charge < -0.3 is 18.9 Å². The van der Waals surface area contributed by atoms with Crippen molar-refractivity contribution in [1.29, 1.82) is 0 Å². The molecule has 1 atom stereocenters. The Balaban J connectivity index is 1.56. The molecule has 0 saturated carbocycles. The van der Waals surface area contributed by atoms with Gasteiger partial charge in [0.25, 0.3) is 0 Å². The van der Waals surface area contributed by atoms with Crippen molar-refractivity contribution in [2.45, 2.75) is 12.8 Å². The summed E-state index contributed by atoms with van der Waals surface area (Å²) in [5.74, 6) is 2.87. The fourth-order valence-electron chi connectivity index (χ4n) is 3.55. The first-order chi connectivity index (χ1) is 14.3. The van der Waals surface area contributed by atoms with Crippen molar-refractivity contribution in [2.75, 3.05) is 34.0 Å². The molecule has 1 aliphatic rings. The van der Waals surface area contributed by atoms with Gasteiger partial charge in [-0.3, -0.25) is 0 Å². The number of benzene rings is 2. The summed E-state index contributed by atoms with van der Waals surface area (Å²) in [6, 6.07) is 15.8. The summed E-state index contributed by atoms with van der Waals surface area (Å²) in [6.45, 7) is 2.34. The van der Waals surface area contributed by atoms with Gasteiger partial charge in [0, 0.05) is 18.8 Å².